The number of rotatable bonds is 6. The van der Waals surface area contributed by atoms with Crippen LogP contribution in [0.25, 0.3) is 21.9 Å². The Labute approximate surface area is 135 Å². The molecule has 0 unspecified atom stereocenters. The van der Waals surface area contributed by atoms with Crippen molar-refractivity contribution in [3.63, 3.8) is 0 Å². The van der Waals surface area contributed by atoms with Crippen LogP contribution in [0.1, 0.15) is 19.2 Å². The second kappa shape index (κ2) is 6.25. The average Bonchev–Trinajstić information content (AvgIpc) is 2.93. The summed E-state index contributed by atoms with van der Waals surface area (Å²) in [5, 5.41) is 1.05. The van der Waals surface area contributed by atoms with Gasteiger partial charge in [-0.15, -0.1) is 0 Å². The van der Waals surface area contributed by atoms with Crippen LogP contribution in [0.5, 0.6) is 0 Å². The van der Waals surface area contributed by atoms with E-state index in [2.05, 4.69) is 26.2 Å². The lowest BCUT2D eigenvalue weighted by atomic mass is 10.2. The third-order valence-electron chi connectivity index (χ3n) is 3.98. The van der Waals surface area contributed by atoms with Gasteiger partial charge in [0.05, 0.1) is 23.0 Å². The van der Waals surface area contributed by atoms with Gasteiger partial charge in [0, 0.05) is 18.4 Å². The minimum Gasteiger partial charge on any atom is -0.327 e. The van der Waals surface area contributed by atoms with Crippen molar-refractivity contribution in [1.29, 1.82) is 0 Å². The van der Waals surface area contributed by atoms with Crippen molar-refractivity contribution in [2.45, 2.75) is 26.3 Å². The highest BCUT2D eigenvalue weighted by atomic mass is 32.2. The highest BCUT2D eigenvalue weighted by Gasteiger charge is 2.14. The lowest BCUT2D eigenvalue weighted by Gasteiger charge is -2.09. The molecule has 0 saturated heterocycles. The number of imidazole rings is 1. The number of nitrogens with zero attached hydrogens (tertiary/aromatic N) is 3. The van der Waals surface area contributed by atoms with Gasteiger partial charge in [0.2, 0.25) is 10.0 Å². The Hall–Kier alpha value is -1.99. The molecule has 2 aromatic heterocycles. The van der Waals surface area contributed by atoms with E-state index in [0.29, 0.717) is 13.0 Å². The molecule has 0 spiro atoms. The van der Waals surface area contributed by atoms with Crippen LogP contribution in [0.2, 0.25) is 0 Å². The van der Waals surface area contributed by atoms with E-state index < -0.39 is 10.0 Å². The summed E-state index contributed by atoms with van der Waals surface area (Å²) in [6, 6.07) is 7.95. The summed E-state index contributed by atoms with van der Waals surface area (Å²) in [4.78, 5) is 9.10. The minimum absolute atomic E-state index is 0.106. The maximum Gasteiger partial charge on any atom is 0.211 e. The molecule has 0 saturated carbocycles. The van der Waals surface area contributed by atoms with Gasteiger partial charge in [-0.3, -0.25) is 4.98 Å². The van der Waals surface area contributed by atoms with Gasteiger partial charge in [-0.1, -0.05) is 25.1 Å². The first-order chi connectivity index (χ1) is 11.1. The molecule has 7 heteroatoms. The summed E-state index contributed by atoms with van der Waals surface area (Å²) in [7, 11) is -1.74. The summed E-state index contributed by atoms with van der Waals surface area (Å²) >= 11 is 0. The lowest BCUT2D eigenvalue weighted by molar-refractivity contribution is 0.578. The molecule has 3 aromatic rings. The van der Waals surface area contributed by atoms with Crippen molar-refractivity contribution in [3.05, 3.63) is 36.3 Å². The number of fused-ring (bicyclic) bond motifs is 3. The van der Waals surface area contributed by atoms with E-state index in [0.717, 1.165) is 34.2 Å². The molecular formula is C16H20N4O2S. The minimum atomic E-state index is -3.18. The third kappa shape index (κ3) is 3.07. The van der Waals surface area contributed by atoms with Gasteiger partial charge in [-0.05, 0) is 19.5 Å². The van der Waals surface area contributed by atoms with Crippen LogP contribution in [0.3, 0.4) is 0 Å². The first-order valence-corrected chi connectivity index (χ1v) is 9.35. The Morgan fingerprint density at radius 2 is 2.00 bits per heavy atom. The zero-order valence-electron chi connectivity index (χ0n) is 13.3. The molecule has 0 aliphatic carbocycles. The standard InChI is InChI=1S/C16H20N4O2S/c1-3-15-19-14-11-18-13-8-5-4-7-12(13)16(14)20(15)9-6-10-23(21,22)17-2/h4-5,7-8,11,17H,3,6,9-10H2,1-2H3. The van der Waals surface area contributed by atoms with Crippen molar-refractivity contribution in [2.24, 2.45) is 0 Å². The summed E-state index contributed by atoms with van der Waals surface area (Å²) in [5.74, 6) is 1.06. The molecule has 0 aliphatic rings. The molecule has 23 heavy (non-hydrogen) atoms. The maximum atomic E-state index is 11.6. The van der Waals surface area contributed by atoms with Gasteiger partial charge in [0.1, 0.15) is 11.3 Å². The van der Waals surface area contributed by atoms with Crippen LogP contribution in [-0.4, -0.2) is 35.8 Å². The SMILES string of the molecule is CCc1nc2cnc3ccccc3c2n1CCCS(=O)(=O)NC. The Bertz CT molecular complexity index is 947. The maximum absolute atomic E-state index is 11.6. The number of hydrogen-bond donors (Lipinski definition) is 1. The van der Waals surface area contributed by atoms with E-state index >= 15 is 0 Å². The van der Waals surface area contributed by atoms with Gasteiger partial charge < -0.3 is 4.57 Å². The zero-order chi connectivity index (χ0) is 16.4. The van der Waals surface area contributed by atoms with Crippen molar-refractivity contribution in [1.82, 2.24) is 19.3 Å². The Morgan fingerprint density at radius 1 is 1.22 bits per heavy atom. The van der Waals surface area contributed by atoms with Gasteiger partial charge in [-0.2, -0.15) is 0 Å². The smallest absolute Gasteiger partial charge is 0.211 e. The first kappa shape index (κ1) is 15.9. The fraction of sp³-hybridized carbons (Fsp3) is 0.375. The number of sulfonamides is 1. The Kier molecular flexibility index (Phi) is 4.32. The van der Waals surface area contributed by atoms with E-state index in [9.17, 15) is 8.42 Å². The molecule has 1 N–H and O–H groups in total. The van der Waals surface area contributed by atoms with Gasteiger partial charge in [-0.25, -0.2) is 18.1 Å². The molecule has 0 atom stereocenters. The Balaban J connectivity index is 2.05. The predicted molar refractivity (Wildman–Crippen MR) is 91.9 cm³/mol. The van der Waals surface area contributed by atoms with Crippen LogP contribution in [0, 0.1) is 0 Å². The molecule has 0 fully saturated rings. The van der Waals surface area contributed by atoms with Crippen molar-refractivity contribution < 1.29 is 8.42 Å². The first-order valence-electron chi connectivity index (χ1n) is 7.70. The molecule has 0 bridgehead atoms. The second-order valence-corrected chi connectivity index (χ2v) is 7.46. The number of benzene rings is 1. The van der Waals surface area contributed by atoms with Crippen LogP contribution in [-0.2, 0) is 23.0 Å². The average molecular weight is 332 g/mol. The van der Waals surface area contributed by atoms with Gasteiger partial charge in [0.15, 0.2) is 0 Å². The van der Waals surface area contributed by atoms with Gasteiger partial charge >= 0.3 is 0 Å². The quantitative estimate of drug-likeness (QED) is 0.750. The molecule has 2 heterocycles. The van der Waals surface area contributed by atoms with E-state index in [1.54, 1.807) is 6.20 Å². The molecule has 3 rings (SSSR count). The van der Waals surface area contributed by atoms with Crippen LogP contribution >= 0.6 is 0 Å². The largest absolute Gasteiger partial charge is 0.327 e. The highest BCUT2D eigenvalue weighted by molar-refractivity contribution is 7.89. The van der Waals surface area contributed by atoms with Crippen molar-refractivity contribution >= 4 is 32.0 Å². The van der Waals surface area contributed by atoms with E-state index in [1.807, 2.05) is 24.3 Å². The summed E-state index contributed by atoms with van der Waals surface area (Å²) in [5.41, 5.74) is 2.82. The zero-order valence-corrected chi connectivity index (χ0v) is 14.1. The number of aryl methyl sites for hydroxylation is 2. The van der Waals surface area contributed by atoms with E-state index in [4.69, 9.17) is 0 Å². The number of hydrogen-bond acceptors (Lipinski definition) is 4. The highest BCUT2D eigenvalue weighted by Crippen LogP contribution is 2.25. The topological polar surface area (TPSA) is 76.9 Å². The predicted octanol–water partition coefficient (Wildman–Crippen LogP) is 2.09. The molecule has 6 nitrogen and oxygen atoms in total. The van der Waals surface area contributed by atoms with Crippen molar-refractivity contribution in [3.8, 4) is 0 Å². The molecular weight excluding hydrogens is 312 g/mol. The van der Waals surface area contributed by atoms with Crippen LogP contribution < -0.4 is 4.72 Å². The molecule has 122 valence electrons. The van der Waals surface area contributed by atoms with E-state index in [1.165, 1.54) is 7.05 Å². The normalized spacial score (nSPS) is 12.3. The fourth-order valence-corrected chi connectivity index (χ4v) is 3.55. The lowest BCUT2D eigenvalue weighted by Crippen LogP contribution is -2.23. The van der Waals surface area contributed by atoms with Crippen molar-refractivity contribution in [2.75, 3.05) is 12.8 Å². The van der Waals surface area contributed by atoms with Crippen LogP contribution in [0.15, 0.2) is 30.5 Å². The third-order valence-corrected chi connectivity index (χ3v) is 5.43. The summed E-state index contributed by atoms with van der Waals surface area (Å²) < 4.78 is 27.7. The molecule has 1 aromatic carbocycles. The second-order valence-electron chi connectivity index (χ2n) is 5.42. The number of para-hydroxylation sites is 1. The number of pyridine rings is 1. The number of aromatic nitrogens is 3. The fourth-order valence-electron chi connectivity index (χ4n) is 2.84. The summed E-state index contributed by atoms with van der Waals surface area (Å²) in [6.07, 6.45) is 3.12. The number of nitrogens with one attached hydrogen (secondary N) is 1. The molecule has 0 radical (unpaired) electrons. The van der Waals surface area contributed by atoms with Crippen LogP contribution in [0.4, 0.5) is 0 Å². The summed E-state index contributed by atoms with van der Waals surface area (Å²) in [6.45, 7) is 2.67. The van der Waals surface area contributed by atoms with E-state index in [-0.39, 0.29) is 5.75 Å². The van der Waals surface area contributed by atoms with Gasteiger partial charge in [0.25, 0.3) is 0 Å². The molecule has 0 aliphatic heterocycles. The monoisotopic (exact) mass is 332 g/mol. The Morgan fingerprint density at radius 3 is 2.74 bits per heavy atom. The molecule has 0 amide bonds.